The molecule has 0 spiro atoms. The predicted octanol–water partition coefficient (Wildman–Crippen LogP) is 3.21. The average Bonchev–Trinajstić information content (AvgIpc) is 2.38. The third kappa shape index (κ3) is 3.63. The zero-order valence-corrected chi connectivity index (χ0v) is 12.4. The Morgan fingerprint density at radius 2 is 2.05 bits per heavy atom. The van der Waals surface area contributed by atoms with Gasteiger partial charge in [0.15, 0.2) is 0 Å². The Morgan fingerprint density at radius 3 is 2.53 bits per heavy atom. The van der Waals surface area contributed by atoms with Crippen molar-refractivity contribution in [2.24, 2.45) is 5.92 Å². The summed E-state index contributed by atoms with van der Waals surface area (Å²) in [5.41, 5.74) is 8.61. The summed E-state index contributed by atoms with van der Waals surface area (Å²) >= 11 is 0. The number of carbonyl (C=O) groups is 1. The summed E-state index contributed by atoms with van der Waals surface area (Å²) in [5.74, 6) is 0.117. The molecular weight excluding hydrogens is 240 g/mol. The number of nitrogens with one attached hydrogen (secondary N) is 1. The maximum absolute atomic E-state index is 11.7. The van der Waals surface area contributed by atoms with Crippen LogP contribution in [0.5, 0.6) is 0 Å². The second kappa shape index (κ2) is 6.45. The van der Waals surface area contributed by atoms with Crippen LogP contribution in [0.4, 0.5) is 11.4 Å². The first-order valence-corrected chi connectivity index (χ1v) is 6.65. The highest BCUT2D eigenvalue weighted by atomic mass is 16.5. The third-order valence-corrected chi connectivity index (χ3v) is 3.39. The number of anilines is 2. The topological polar surface area (TPSA) is 64.3 Å². The zero-order valence-electron chi connectivity index (χ0n) is 12.4. The summed E-state index contributed by atoms with van der Waals surface area (Å²) in [4.78, 5) is 11.7. The van der Waals surface area contributed by atoms with Crippen molar-refractivity contribution in [3.05, 3.63) is 23.3 Å². The van der Waals surface area contributed by atoms with Gasteiger partial charge in [-0.1, -0.05) is 20.8 Å². The number of aryl methyl sites for hydroxylation is 1. The molecule has 0 fully saturated rings. The fourth-order valence-electron chi connectivity index (χ4n) is 2.11. The molecule has 3 N–H and O–H groups in total. The molecule has 0 radical (unpaired) electrons. The lowest BCUT2D eigenvalue weighted by Crippen LogP contribution is -2.25. The van der Waals surface area contributed by atoms with E-state index in [0.717, 1.165) is 17.7 Å². The average molecular weight is 264 g/mol. The molecule has 0 saturated carbocycles. The van der Waals surface area contributed by atoms with Gasteiger partial charge in [0.2, 0.25) is 0 Å². The summed E-state index contributed by atoms with van der Waals surface area (Å²) < 4.78 is 4.76. The van der Waals surface area contributed by atoms with E-state index in [0.29, 0.717) is 23.2 Å². The van der Waals surface area contributed by atoms with E-state index in [2.05, 4.69) is 26.1 Å². The first kappa shape index (κ1) is 15.3. The molecule has 0 aliphatic heterocycles. The molecule has 19 heavy (non-hydrogen) atoms. The molecule has 1 aromatic rings. The molecule has 0 amide bonds. The number of carbonyl (C=O) groups excluding carboxylic acids is 1. The van der Waals surface area contributed by atoms with E-state index in [-0.39, 0.29) is 0 Å². The molecule has 1 unspecified atom stereocenters. The molecule has 0 aliphatic rings. The molecule has 0 aliphatic carbocycles. The van der Waals surface area contributed by atoms with Crippen molar-refractivity contribution in [1.82, 2.24) is 0 Å². The predicted molar refractivity (Wildman–Crippen MR) is 79.5 cm³/mol. The van der Waals surface area contributed by atoms with Gasteiger partial charge in [0, 0.05) is 17.4 Å². The van der Waals surface area contributed by atoms with Crippen molar-refractivity contribution in [3.63, 3.8) is 0 Å². The van der Waals surface area contributed by atoms with Crippen LogP contribution >= 0.6 is 0 Å². The quantitative estimate of drug-likeness (QED) is 0.633. The largest absolute Gasteiger partial charge is 0.465 e. The monoisotopic (exact) mass is 264 g/mol. The summed E-state index contributed by atoms with van der Waals surface area (Å²) in [6.07, 6.45) is 1.02. The summed E-state index contributed by atoms with van der Waals surface area (Å²) in [6, 6.07) is 4.10. The van der Waals surface area contributed by atoms with Crippen LogP contribution in [0.1, 0.15) is 43.1 Å². The molecule has 106 valence electrons. The van der Waals surface area contributed by atoms with Gasteiger partial charge in [0.25, 0.3) is 0 Å². The standard InChI is InChI=1S/C15H24N2O2/c1-6-13(9(2)3)17-11-7-10(4)14(16)12(8-11)15(18)19-5/h7-9,13,17H,6,16H2,1-5H3. The van der Waals surface area contributed by atoms with Gasteiger partial charge in [-0.05, 0) is 37.0 Å². The Balaban J connectivity index is 3.09. The molecule has 0 heterocycles. The van der Waals surface area contributed by atoms with Crippen LogP contribution in [0.2, 0.25) is 0 Å². The highest BCUT2D eigenvalue weighted by Crippen LogP contribution is 2.25. The van der Waals surface area contributed by atoms with Crippen LogP contribution in [-0.2, 0) is 4.74 Å². The lowest BCUT2D eigenvalue weighted by molar-refractivity contribution is 0.0602. The number of hydrogen-bond donors (Lipinski definition) is 2. The van der Waals surface area contributed by atoms with E-state index < -0.39 is 5.97 Å². The fourth-order valence-corrected chi connectivity index (χ4v) is 2.11. The van der Waals surface area contributed by atoms with Crippen LogP contribution in [0.15, 0.2) is 12.1 Å². The van der Waals surface area contributed by atoms with Crippen molar-refractivity contribution in [3.8, 4) is 0 Å². The van der Waals surface area contributed by atoms with Crippen LogP contribution in [0.25, 0.3) is 0 Å². The summed E-state index contributed by atoms with van der Waals surface area (Å²) in [5, 5.41) is 3.45. The van der Waals surface area contributed by atoms with Crippen LogP contribution in [-0.4, -0.2) is 19.1 Å². The zero-order chi connectivity index (χ0) is 14.6. The van der Waals surface area contributed by atoms with Gasteiger partial charge in [0.05, 0.1) is 12.7 Å². The van der Waals surface area contributed by atoms with Crippen molar-refractivity contribution < 1.29 is 9.53 Å². The number of nitrogens with two attached hydrogens (primary N) is 1. The maximum Gasteiger partial charge on any atom is 0.340 e. The molecule has 1 rings (SSSR count). The van der Waals surface area contributed by atoms with E-state index in [4.69, 9.17) is 10.5 Å². The molecule has 0 bridgehead atoms. The van der Waals surface area contributed by atoms with Crippen molar-refractivity contribution in [1.29, 1.82) is 0 Å². The highest BCUT2D eigenvalue weighted by Gasteiger charge is 2.16. The van der Waals surface area contributed by atoms with Crippen LogP contribution in [0, 0.1) is 12.8 Å². The normalized spacial score (nSPS) is 12.3. The number of ether oxygens (including phenoxy) is 1. The van der Waals surface area contributed by atoms with E-state index in [1.807, 2.05) is 13.0 Å². The molecular formula is C15H24N2O2. The van der Waals surface area contributed by atoms with Crippen molar-refractivity contribution >= 4 is 17.3 Å². The van der Waals surface area contributed by atoms with Gasteiger partial charge >= 0.3 is 5.97 Å². The number of hydrogen-bond acceptors (Lipinski definition) is 4. The van der Waals surface area contributed by atoms with Gasteiger partial charge in [-0.3, -0.25) is 0 Å². The van der Waals surface area contributed by atoms with E-state index in [9.17, 15) is 4.79 Å². The Morgan fingerprint density at radius 1 is 1.42 bits per heavy atom. The Bertz CT molecular complexity index is 456. The second-order valence-corrected chi connectivity index (χ2v) is 5.15. The van der Waals surface area contributed by atoms with E-state index in [1.54, 1.807) is 6.07 Å². The lowest BCUT2D eigenvalue weighted by Gasteiger charge is -2.23. The minimum atomic E-state index is -0.401. The number of esters is 1. The Kier molecular flexibility index (Phi) is 5.21. The first-order chi connectivity index (χ1) is 8.90. The maximum atomic E-state index is 11.7. The number of rotatable bonds is 5. The molecule has 1 aromatic carbocycles. The Hall–Kier alpha value is -1.71. The molecule has 0 saturated heterocycles. The molecule has 1 atom stereocenters. The van der Waals surface area contributed by atoms with Gasteiger partial charge in [0.1, 0.15) is 0 Å². The smallest absolute Gasteiger partial charge is 0.340 e. The minimum absolute atomic E-state index is 0.369. The number of nitrogen functional groups attached to an aromatic ring is 1. The van der Waals surface area contributed by atoms with Gasteiger partial charge in [-0.25, -0.2) is 4.79 Å². The Labute approximate surface area is 115 Å². The van der Waals surface area contributed by atoms with Gasteiger partial charge < -0.3 is 15.8 Å². The highest BCUT2D eigenvalue weighted by molar-refractivity contribution is 5.97. The SMILES string of the molecule is CCC(Nc1cc(C)c(N)c(C(=O)OC)c1)C(C)C. The van der Waals surface area contributed by atoms with Crippen molar-refractivity contribution in [2.75, 3.05) is 18.2 Å². The second-order valence-electron chi connectivity index (χ2n) is 5.15. The van der Waals surface area contributed by atoms with Gasteiger partial charge in [-0.2, -0.15) is 0 Å². The number of methoxy groups -OCH3 is 1. The summed E-state index contributed by atoms with van der Waals surface area (Å²) in [7, 11) is 1.36. The van der Waals surface area contributed by atoms with E-state index >= 15 is 0 Å². The van der Waals surface area contributed by atoms with Crippen LogP contribution in [0.3, 0.4) is 0 Å². The minimum Gasteiger partial charge on any atom is -0.465 e. The van der Waals surface area contributed by atoms with Crippen LogP contribution < -0.4 is 11.1 Å². The summed E-state index contributed by atoms with van der Waals surface area (Å²) in [6.45, 7) is 8.38. The first-order valence-electron chi connectivity index (χ1n) is 6.65. The lowest BCUT2D eigenvalue weighted by atomic mass is 10.0. The van der Waals surface area contributed by atoms with Crippen molar-refractivity contribution in [2.45, 2.75) is 40.2 Å². The fraction of sp³-hybridized carbons (Fsp3) is 0.533. The molecule has 4 heteroatoms. The number of benzene rings is 1. The molecule has 0 aromatic heterocycles. The third-order valence-electron chi connectivity index (χ3n) is 3.39. The van der Waals surface area contributed by atoms with E-state index in [1.165, 1.54) is 7.11 Å². The molecule has 4 nitrogen and oxygen atoms in total. The van der Waals surface area contributed by atoms with Gasteiger partial charge in [-0.15, -0.1) is 0 Å².